The molecular formula is C18H25N3O3. The van der Waals surface area contributed by atoms with Gasteiger partial charge in [-0.2, -0.15) is 0 Å². The molecule has 1 aromatic carbocycles. The molecule has 2 aliphatic rings. The van der Waals surface area contributed by atoms with Crippen molar-refractivity contribution in [2.24, 2.45) is 5.92 Å². The second-order valence-corrected chi connectivity index (χ2v) is 6.98. The SMILES string of the molecule is Cc1cc(C)c(N2CC[C@@H](NC(=O)N3CC(CO)C3)C2=O)c(C)c1. The zero-order valence-corrected chi connectivity index (χ0v) is 14.5. The normalized spacial score (nSPS) is 21.2. The molecule has 130 valence electrons. The topological polar surface area (TPSA) is 72.9 Å². The molecule has 0 aromatic heterocycles. The van der Waals surface area contributed by atoms with Crippen LogP contribution in [0.1, 0.15) is 23.1 Å². The van der Waals surface area contributed by atoms with Crippen molar-refractivity contribution < 1.29 is 14.7 Å². The maximum absolute atomic E-state index is 12.7. The van der Waals surface area contributed by atoms with Crippen LogP contribution in [0, 0.1) is 26.7 Å². The number of nitrogens with one attached hydrogen (secondary N) is 1. The van der Waals surface area contributed by atoms with Crippen molar-refractivity contribution in [1.82, 2.24) is 10.2 Å². The predicted molar refractivity (Wildman–Crippen MR) is 92.1 cm³/mol. The summed E-state index contributed by atoms with van der Waals surface area (Å²) >= 11 is 0. The van der Waals surface area contributed by atoms with Crippen LogP contribution in [0.25, 0.3) is 0 Å². The van der Waals surface area contributed by atoms with E-state index in [4.69, 9.17) is 5.11 Å². The van der Waals surface area contributed by atoms with Crippen molar-refractivity contribution in [2.75, 3.05) is 31.1 Å². The first-order valence-electron chi connectivity index (χ1n) is 8.46. The standard InChI is InChI=1S/C18H25N3O3/c1-11-6-12(2)16(13(3)7-11)21-5-4-15(17(21)23)19-18(24)20-8-14(9-20)10-22/h6-7,14-15,22H,4-5,8-10H2,1-3H3,(H,19,24)/t15-/m1/s1. The second-order valence-electron chi connectivity index (χ2n) is 6.98. The molecule has 2 heterocycles. The van der Waals surface area contributed by atoms with E-state index in [-0.39, 0.29) is 24.5 Å². The minimum absolute atomic E-state index is 0.0439. The van der Waals surface area contributed by atoms with E-state index < -0.39 is 6.04 Å². The maximum Gasteiger partial charge on any atom is 0.318 e. The van der Waals surface area contributed by atoms with E-state index in [1.165, 1.54) is 5.56 Å². The molecule has 2 saturated heterocycles. The van der Waals surface area contributed by atoms with Crippen LogP contribution < -0.4 is 10.2 Å². The fourth-order valence-electron chi connectivity index (χ4n) is 3.73. The highest BCUT2D eigenvalue weighted by molar-refractivity contribution is 6.02. The molecule has 3 rings (SSSR count). The van der Waals surface area contributed by atoms with Gasteiger partial charge in [0.05, 0.1) is 0 Å². The number of nitrogens with zero attached hydrogens (tertiary/aromatic N) is 2. The highest BCUT2D eigenvalue weighted by atomic mass is 16.3. The number of carbonyl (C=O) groups is 2. The van der Waals surface area contributed by atoms with E-state index in [0.717, 1.165) is 16.8 Å². The summed E-state index contributed by atoms with van der Waals surface area (Å²) in [5, 5.41) is 11.9. The minimum atomic E-state index is -0.467. The van der Waals surface area contributed by atoms with E-state index in [1.54, 1.807) is 9.80 Å². The van der Waals surface area contributed by atoms with Crippen LogP contribution >= 0.6 is 0 Å². The van der Waals surface area contributed by atoms with Crippen LogP contribution in [0.3, 0.4) is 0 Å². The van der Waals surface area contributed by atoms with Crippen molar-refractivity contribution >= 4 is 17.6 Å². The number of aliphatic hydroxyl groups excluding tert-OH is 1. The monoisotopic (exact) mass is 331 g/mol. The van der Waals surface area contributed by atoms with Gasteiger partial charge in [0, 0.05) is 37.8 Å². The van der Waals surface area contributed by atoms with Gasteiger partial charge in [-0.3, -0.25) is 4.79 Å². The molecule has 2 N–H and O–H groups in total. The lowest BCUT2D eigenvalue weighted by molar-refractivity contribution is -0.118. The van der Waals surface area contributed by atoms with Crippen LogP contribution in [-0.2, 0) is 4.79 Å². The van der Waals surface area contributed by atoms with Crippen LogP contribution in [0.15, 0.2) is 12.1 Å². The number of amides is 3. The van der Waals surface area contributed by atoms with Gasteiger partial charge in [0.1, 0.15) is 6.04 Å². The maximum atomic E-state index is 12.7. The van der Waals surface area contributed by atoms with Gasteiger partial charge in [0.25, 0.3) is 0 Å². The molecule has 0 unspecified atom stereocenters. The Morgan fingerprint density at radius 1 is 1.25 bits per heavy atom. The van der Waals surface area contributed by atoms with Crippen LogP contribution in [-0.4, -0.2) is 54.2 Å². The molecule has 0 spiro atoms. The Balaban J connectivity index is 1.66. The van der Waals surface area contributed by atoms with Gasteiger partial charge in [0.15, 0.2) is 0 Å². The summed E-state index contributed by atoms with van der Waals surface area (Å²) in [5.74, 6) is 0.127. The highest BCUT2D eigenvalue weighted by Gasteiger charge is 2.37. The lowest BCUT2D eigenvalue weighted by Crippen LogP contribution is -2.57. The molecule has 6 nitrogen and oxygen atoms in total. The van der Waals surface area contributed by atoms with Crippen LogP contribution in [0.5, 0.6) is 0 Å². The number of hydrogen-bond donors (Lipinski definition) is 2. The van der Waals surface area contributed by atoms with Crippen molar-refractivity contribution in [2.45, 2.75) is 33.2 Å². The third kappa shape index (κ3) is 2.98. The van der Waals surface area contributed by atoms with Crippen molar-refractivity contribution in [3.8, 4) is 0 Å². The first-order valence-corrected chi connectivity index (χ1v) is 8.46. The van der Waals surface area contributed by atoms with Gasteiger partial charge >= 0.3 is 6.03 Å². The van der Waals surface area contributed by atoms with Gasteiger partial charge in [-0.1, -0.05) is 17.7 Å². The molecule has 24 heavy (non-hydrogen) atoms. The quantitative estimate of drug-likeness (QED) is 0.878. The number of urea groups is 1. The fourth-order valence-corrected chi connectivity index (χ4v) is 3.73. The molecule has 6 heteroatoms. The first kappa shape index (κ1) is 16.8. The Bertz CT molecular complexity index is 644. The molecule has 0 saturated carbocycles. The van der Waals surface area contributed by atoms with Gasteiger partial charge in [0.2, 0.25) is 5.91 Å². The summed E-state index contributed by atoms with van der Waals surface area (Å²) in [6, 6.07) is 3.48. The Morgan fingerprint density at radius 3 is 2.46 bits per heavy atom. The Hall–Kier alpha value is -2.08. The zero-order valence-electron chi connectivity index (χ0n) is 14.5. The highest BCUT2D eigenvalue weighted by Crippen LogP contribution is 2.30. The molecular weight excluding hydrogens is 306 g/mol. The van der Waals surface area contributed by atoms with Gasteiger partial charge in [-0.15, -0.1) is 0 Å². The molecule has 1 aromatic rings. The second kappa shape index (κ2) is 6.43. The van der Waals surface area contributed by atoms with Gasteiger partial charge < -0.3 is 20.2 Å². The summed E-state index contributed by atoms with van der Waals surface area (Å²) < 4.78 is 0. The summed E-state index contributed by atoms with van der Waals surface area (Å²) in [6.07, 6.45) is 0.620. The number of rotatable bonds is 3. The molecule has 0 aliphatic carbocycles. The summed E-state index contributed by atoms with van der Waals surface area (Å²) in [6.45, 7) is 7.92. The Morgan fingerprint density at radius 2 is 1.88 bits per heavy atom. The van der Waals surface area contributed by atoms with Crippen molar-refractivity contribution in [1.29, 1.82) is 0 Å². The van der Waals surface area contributed by atoms with E-state index in [2.05, 4.69) is 17.4 Å². The van der Waals surface area contributed by atoms with E-state index in [9.17, 15) is 9.59 Å². The predicted octanol–water partition coefficient (Wildman–Crippen LogP) is 1.35. The van der Waals surface area contributed by atoms with Crippen molar-refractivity contribution in [3.63, 3.8) is 0 Å². The summed E-state index contributed by atoms with van der Waals surface area (Å²) in [5.41, 5.74) is 4.32. The molecule has 2 aliphatic heterocycles. The minimum Gasteiger partial charge on any atom is -0.396 e. The zero-order chi connectivity index (χ0) is 17.4. The number of carbonyl (C=O) groups excluding carboxylic acids is 2. The lowest BCUT2D eigenvalue weighted by Gasteiger charge is -2.38. The van der Waals surface area contributed by atoms with E-state index >= 15 is 0 Å². The van der Waals surface area contributed by atoms with Gasteiger partial charge in [-0.05, 0) is 38.3 Å². The van der Waals surface area contributed by atoms with E-state index in [0.29, 0.717) is 26.1 Å². The Labute approximate surface area is 142 Å². The van der Waals surface area contributed by atoms with Gasteiger partial charge in [-0.25, -0.2) is 4.79 Å². The number of aliphatic hydroxyl groups is 1. The number of likely N-dealkylation sites (tertiary alicyclic amines) is 1. The Kier molecular flexibility index (Phi) is 4.49. The molecule has 1 atom stereocenters. The lowest BCUT2D eigenvalue weighted by atomic mass is 10.0. The third-order valence-corrected chi connectivity index (χ3v) is 4.91. The largest absolute Gasteiger partial charge is 0.396 e. The fraction of sp³-hybridized carbons (Fsp3) is 0.556. The first-order chi connectivity index (χ1) is 11.4. The molecule has 0 radical (unpaired) electrons. The smallest absolute Gasteiger partial charge is 0.318 e. The summed E-state index contributed by atoms with van der Waals surface area (Å²) in [4.78, 5) is 28.3. The number of anilines is 1. The average Bonchev–Trinajstić information content (AvgIpc) is 2.78. The molecule has 0 bridgehead atoms. The average molecular weight is 331 g/mol. The van der Waals surface area contributed by atoms with Crippen LogP contribution in [0.4, 0.5) is 10.5 Å². The number of hydrogen-bond acceptors (Lipinski definition) is 3. The number of aryl methyl sites for hydroxylation is 3. The van der Waals surface area contributed by atoms with Crippen LogP contribution in [0.2, 0.25) is 0 Å². The molecule has 3 amide bonds. The number of benzene rings is 1. The third-order valence-electron chi connectivity index (χ3n) is 4.91. The van der Waals surface area contributed by atoms with Crippen molar-refractivity contribution in [3.05, 3.63) is 28.8 Å². The molecule has 2 fully saturated rings. The summed E-state index contributed by atoms with van der Waals surface area (Å²) in [7, 11) is 0. The van der Waals surface area contributed by atoms with E-state index in [1.807, 2.05) is 20.8 Å².